The molecule has 0 spiro atoms. The van der Waals surface area contributed by atoms with Crippen LogP contribution < -0.4 is 0 Å². The fraction of sp³-hybridized carbons (Fsp3) is 1.00. The lowest BCUT2D eigenvalue weighted by Crippen LogP contribution is -2.60. The SMILES string of the molecule is [N-]=[N+]=N[C@H]1CN2CC[C@H](O)C2[C@@H](O)[C@@H]1O. The van der Waals surface area contributed by atoms with Crippen molar-refractivity contribution in [2.45, 2.75) is 36.8 Å². The van der Waals surface area contributed by atoms with E-state index >= 15 is 0 Å². The molecule has 5 atom stereocenters. The Labute approximate surface area is 86.6 Å². The maximum atomic E-state index is 9.78. The summed E-state index contributed by atoms with van der Waals surface area (Å²) in [6.07, 6.45) is -2.17. The Balaban J connectivity index is 2.17. The van der Waals surface area contributed by atoms with Gasteiger partial charge < -0.3 is 15.3 Å². The Bertz CT molecular complexity index is 294. The normalized spacial score (nSPS) is 45.9. The van der Waals surface area contributed by atoms with Gasteiger partial charge in [0.1, 0.15) is 0 Å². The first-order chi connectivity index (χ1) is 7.15. The lowest BCUT2D eigenvalue weighted by molar-refractivity contribution is -0.0949. The molecule has 0 bridgehead atoms. The number of nitrogens with zero attached hydrogens (tertiary/aromatic N) is 4. The van der Waals surface area contributed by atoms with Crippen LogP contribution in [0.15, 0.2) is 5.11 Å². The van der Waals surface area contributed by atoms with Gasteiger partial charge in [-0.1, -0.05) is 5.11 Å². The van der Waals surface area contributed by atoms with Crippen molar-refractivity contribution in [2.24, 2.45) is 5.11 Å². The van der Waals surface area contributed by atoms with Crippen molar-refractivity contribution in [1.82, 2.24) is 4.90 Å². The van der Waals surface area contributed by atoms with Crippen LogP contribution in [0.5, 0.6) is 0 Å². The summed E-state index contributed by atoms with van der Waals surface area (Å²) in [5.41, 5.74) is 8.31. The largest absolute Gasteiger partial charge is 0.391 e. The van der Waals surface area contributed by atoms with Crippen LogP contribution in [-0.2, 0) is 0 Å². The van der Waals surface area contributed by atoms with Crippen molar-refractivity contribution in [2.75, 3.05) is 13.1 Å². The van der Waals surface area contributed by atoms with Gasteiger partial charge in [0.15, 0.2) is 0 Å². The first kappa shape index (κ1) is 10.7. The summed E-state index contributed by atoms with van der Waals surface area (Å²) in [5, 5.41) is 32.5. The minimum atomic E-state index is -1.09. The summed E-state index contributed by atoms with van der Waals surface area (Å²) in [7, 11) is 0. The summed E-state index contributed by atoms with van der Waals surface area (Å²) in [5.74, 6) is 0. The van der Waals surface area contributed by atoms with Crippen LogP contribution in [0.4, 0.5) is 0 Å². The second kappa shape index (κ2) is 3.96. The Morgan fingerprint density at radius 2 is 2.00 bits per heavy atom. The fourth-order valence-corrected chi connectivity index (χ4v) is 2.47. The number of aliphatic hydroxyl groups is 3. The minimum Gasteiger partial charge on any atom is -0.391 e. The topological polar surface area (TPSA) is 113 Å². The predicted molar refractivity (Wildman–Crippen MR) is 50.9 cm³/mol. The van der Waals surface area contributed by atoms with Crippen LogP contribution in [-0.4, -0.2) is 63.7 Å². The van der Waals surface area contributed by atoms with Crippen LogP contribution in [0.2, 0.25) is 0 Å². The third-order valence-corrected chi connectivity index (χ3v) is 3.24. The van der Waals surface area contributed by atoms with E-state index in [1.165, 1.54) is 0 Å². The van der Waals surface area contributed by atoms with E-state index in [1.54, 1.807) is 0 Å². The van der Waals surface area contributed by atoms with E-state index in [-0.39, 0.29) is 0 Å². The molecular formula is C8H14N4O3. The molecule has 2 heterocycles. The van der Waals surface area contributed by atoms with Gasteiger partial charge in [0.25, 0.3) is 0 Å². The standard InChI is InChI=1S/C8H14N4O3/c9-11-10-4-3-12-2-1-5(13)6(12)8(15)7(4)14/h4-8,13-15H,1-3H2/t4-,5-,6?,7+,8+/m0/s1. The van der Waals surface area contributed by atoms with E-state index in [9.17, 15) is 15.3 Å². The van der Waals surface area contributed by atoms with Gasteiger partial charge in [-0.2, -0.15) is 0 Å². The number of aliphatic hydroxyl groups excluding tert-OH is 3. The number of hydrogen-bond acceptors (Lipinski definition) is 5. The van der Waals surface area contributed by atoms with E-state index in [0.29, 0.717) is 19.5 Å². The molecule has 7 heteroatoms. The van der Waals surface area contributed by atoms with Crippen molar-refractivity contribution >= 4 is 0 Å². The maximum absolute atomic E-state index is 9.78. The molecule has 7 nitrogen and oxygen atoms in total. The summed E-state index contributed by atoms with van der Waals surface area (Å²) in [4.78, 5) is 4.50. The third kappa shape index (κ3) is 1.68. The molecule has 2 saturated heterocycles. The van der Waals surface area contributed by atoms with Gasteiger partial charge in [0.2, 0.25) is 0 Å². The molecule has 0 amide bonds. The molecule has 1 unspecified atom stereocenters. The van der Waals surface area contributed by atoms with Gasteiger partial charge in [-0.25, -0.2) is 0 Å². The van der Waals surface area contributed by atoms with Crippen LogP contribution in [0.3, 0.4) is 0 Å². The van der Waals surface area contributed by atoms with Gasteiger partial charge in [0.05, 0.1) is 30.4 Å². The number of piperidine rings is 1. The Kier molecular flexibility index (Phi) is 2.81. The van der Waals surface area contributed by atoms with Gasteiger partial charge in [0, 0.05) is 18.0 Å². The molecule has 3 N–H and O–H groups in total. The average Bonchev–Trinajstić information content (AvgIpc) is 2.56. The highest BCUT2D eigenvalue weighted by atomic mass is 16.3. The zero-order valence-electron chi connectivity index (χ0n) is 8.14. The number of hydrogen-bond donors (Lipinski definition) is 3. The summed E-state index contributed by atoms with van der Waals surface area (Å²) >= 11 is 0. The smallest absolute Gasteiger partial charge is 0.0983 e. The Morgan fingerprint density at radius 3 is 2.67 bits per heavy atom. The highest BCUT2D eigenvalue weighted by Gasteiger charge is 2.47. The predicted octanol–water partition coefficient (Wildman–Crippen LogP) is -1.16. The van der Waals surface area contributed by atoms with Crippen LogP contribution in [0, 0.1) is 0 Å². The molecule has 15 heavy (non-hydrogen) atoms. The maximum Gasteiger partial charge on any atom is 0.0983 e. The Hall–Kier alpha value is -0.850. The van der Waals surface area contributed by atoms with Gasteiger partial charge >= 0.3 is 0 Å². The zero-order valence-corrected chi connectivity index (χ0v) is 8.14. The molecule has 2 fully saturated rings. The molecule has 0 aromatic heterocycles. The lowest BCUT2D eigenvalue weighted by Gasteiger charge is -2.41. The lowest BCUT2D eigenvalue weighted by atomic mass is 9.92. The summed E-state index contributed by atoms with van der Waals surface area (Å²) in [6, 6.07) is -1.06. The van der Waals surface area contributed by atoms with E-state index < -0.39 is 30.4 Å². The molecule has 84 valence electrons. The van der Waals surface area contributed by atoms with E-state index in [0.717, 1.165) is 0 Å². The molecule has 0 aromatic carbocycles. The van der Waals surface area contributed by atoms with Crippen LogP contribution in [0.1, 0.15) is 6.42 Å². The number of azide groups is 1. The summed E-state index contributed by atoms with van der Waals surface area (Å²) < 4.78 is 0. The van der Waals surface area contributed by atoms with Gasteiger partial charge in [-0.05, 0) is 12.0 Å². The fourth-order valence-electron chi connectivity index (χ4n) is 2.47. The quantitative estimate of drug-likeness (QED) is 0.290. The van der Waals surface area contributed by atoms with Crippen molar-refractivity contribution in [3.8, 4) is 0 Å². The number of rotatable bonds is 1. The molecule has 2 aliphatic heterocycles. The molecular weight excluding hydrogens is 200 g/mol. The van der Waals surface area contributed by atoms with Crippen molar-refractivity contribution in [1.29, 1.82) is 0 Å². The first-order valence-electron chi connectivity index (χ1n) is 4.97. The van der Waals surface area contributed by atoms with E-state index in [1.807, 2.05) is 4.90 Å². The van der Waals surface area contributed by atoms with Gasteiger partial charge in [-0.15, -0.1) is 0 Å². The Morgan fingerprint density at radius 1 is 1.27 bits per heavy atom. The highest BCUT2D eigenvalue weighted by Crippen LogP contribution is 2.29. The van der Waals surface area contributed by atoms with Crippen molar-refractivity contribution < 1.29 is 15.3 Å². The monoisotopic (exact) mass is 214 g/mol. The van der Waals surface area contributed by atoms with Gasteiger partial charge in [-0.3, -0.25) is 4.90 Å². The molecule has 2 rings (SSSR count). The number of fused-ring (bicyclic) bond motifs is 1. The molecule has 0 radical (unpaired) electrons. The van der Waals surface area contributed by atoms with Crippen LogP contribution >= 0.6 is 0 Å². The molecule has 0 aliphatic carbocycles. The summed E-state index contributed by atoms with van der Waals surface area (Å²) in [6.45, 7) is 1.05. The van der Waals surface area contributed by atoms with Crippen molar-refractivity contribution in [3.63, 3.8) is 0 Å². The second-order valence-corrected chi connectivity index (χ2v) is 4.09. The molecule has 2 aliphatic rings. The van der Waals surface area contributed by atoms with E-state index in [2.05, 4.69) is 10.0 Å². The van der Waals surface area contributed by atoms with Crippen molar-refractivity contribution in [3.05, 3.63) is 10.4 Å². The van der Waals surface area contributed by atoms with Crippen LogP contribution in [0.25, 0.3) is 10.4 Å². The highest BCUT2D eigenvalue weighted by molar-refractivity contribution is 5.03. The molecule has 0 saturated carbocycles. The van der Waals surface area contributed by atoms with E-state index in [4.69, 9.17) is 5.53 Å². The second-order valence-electron chi connectivity index (χ2n) is 4.09. The minimum absolute atomic E-state index is 0.393. The zero-order chi connectivity index (χ0) is 11.0. The third-order valence-electron chi connectivity index (χ3n) is 3.24. The first-order valence-corrected chi connectivity index (χ1v) is 4.97. The average molecular weight is 214 g/mol. The molecule has 0 aromatic rings.